The van der Waals surface area contributed by atoms with E-state index in [0.29, 0.717) is 5.54 Å². The Hall–Kier alpha value is -0.0400. The summed E-state index contributed by atoms with van der Waals surface area (Å²) in [6.07, 6.45) is 7.34. The molecule has 88 valence electrons. The molecule has 0 amide bonds. The molecule has 0 aromatic heterocycles. The summed E-state index contributed by atoms with van der Waals surface area (Å²) in [5.74, 6) is 2.86. The van der Waals surface area contributed by atoms with Gasteiger partial charge in [-0.2, -0.15) is 0 Å². The van der Waals surface area contributed by atoms with Crippen LogP contribution in [-0.2, 0) is 0 Å². The van der Waals surface area contributed by atoms with Crippen molar-refractivity contribution in [1.82, 2.24) is 0 Å². The first-order chi connectivity index (χ1) is 6.89. The second-order valence-electron chi connectivity index (χ2n) is 6.96. The molecule has 15 heavy (non-hydrogen) atoms. The first-order valence-corrected chi connectivity index (χ1v) is 6.71. The van der Waals surface area contributed by atoms with E-state index in [4.69, 9.17) is 0 Å². The highest BCUT2D eigenvalue weighted by atomic mass is 15.4. The van der Waals surface area contributed by atoms with Gasteiger partial charge in [-0.15, -0.1) is 0 Å². The Kier molecular flexibility index (Phi) is 2.65. The molecule has 0 unspecified atom stereocenters. The van der Waals surface area contributed by atoms with Crippen LogP contribution in [0.15, 0.2) is 0 Å². The monoisotopic (exact) mass is 210 g/mol. The summed E-state index contributed by atoms with van der Waals surface area (Å²) >= 11 is 0. The second-order valence-corrected chi connectivity index (χ2v) is 6.96. The van der Waals surface area contributed by atoms with E-state index in [2.05, 4.69) is 35.0 Å². The van der Waals surface area contributed by atoms with Crippen LogP contribution >= 0.6 is 0 Å². The smallest absolute Gasteiger partial charge is 0.104 e. The molecule has 0 spiro atoms. The molecule has 2 aliphatic carbocycles. The topological polar surface area (TPSA) is 0 Å². The highest BCUT2D eigenvalue weighted by Gasteiger charge is 2.59. The van der Waals surface area contributed by atoms with Crippen LogP contribution in [0.1, 0.15) is 46.0 Å². The minimum absolute atomic E-state index is 0.595. The average Bonchev–Trinajstić information content (AvgIpc) is 2.56. The molecular formula is C14H28N+. The Bertz CT molecular complexity index is 240. The van der Waals surface area contributed by atoms with Crippen LogP contribution in [0.4, 0.5) is 0 Å². The number of quaternary nitrogens is 1. The summed E-state index contributed by atoms with van der Waals surface area (Å²) in [7, 11) is 7.27. The highest BCUT2D eigenvalue weighted by Crippen LogP contribution is 2.55. The zero-order valence-electron chi connectivity index (χ0n) is 11.2. The van der Waals surface area contributed by atoms with E-state index < -0.39 is 0 Å². The third kappa shape index (κ3) is 1.46. The molecule has 0 radical (unpaired) electrons. The zero-order chi connectivity index (χ0) is 11.3. The normalized spacial score (nSPS) is 46.6. The van der Waals surface area contributed by atoms with Crippen LogP contribution in [0, 0.1) is 17.8 Å². The molecule has 0 aromatic carbocycles. The third-order valence-electron chi connectivity index (χ3n) is 5.58. The van der Waals surface area contributed by atoms with Gasteiger partial charge >= 0.3 is 0 Å². The Morgan fingerprint density at radius 2 is 1.67 bits per heavy atom. The standard InChI is InChI=1S/C14H28N/c1-11-8-9-12(2)14(15(3,4)5)10-6-7-13(11)14/h11-13H,6-10H2,1-5H3/q+1/t11-,12+,13-,14-/m0/s1. The fourth-order valence-corrected chi connectivity index (χ4v) is 4.89. The van der Waals surface area contributed by atoms with Crippen molar-refractivity contribution in [2.75, 3.05) is 21.1 Å². The molecule has 2 aliphatic rings. The van der Waals surface area contributed by atoms with Crippen molar-refractivity contribution in [3.63, 3.8) is 0 Å². The van der Waals surface area contributed by atoms with E-state index in [1.54, 1.807) is 0 Å². The van der Waals surface area contributed by atoms with Crippen molar-refractivity contribution in [3.8, 4) is 0 Å². The van der Waals surface area contributed by atoms with E-state index in [1.165, 1.54) is 36.6 Å². The maximum atomic E-state index is 2.51. The summed E-state index contributed by atoms with van der Waals surface area (Å²) in [5.41, 5.74) is 0.595. The molecule has 4 atom stereocenters. The maximum absolute atomic E-state index is 2.51. The van der Waals surface area contributed by atoms with Crippen LogP contribution in [0.25, 0.3) is 0 Å². The Labute approximate surface area is 95.4 Å². The number of hydrogen-bond donors (Lipinski definition) is 0. The molecule has 1 nitrogen and oxygen atoms in total. The van der Waals surface area contributed by atoms with Gasteiger partial charge < -0.3 is 4.48 Å². The molecule has 0 heterocycles. The first-order valence-electron chi connectivity index (χ1n) is 6.71. The molecule has 1 heteroatoms. The van der Waals surface area contributed by atoms with Gasteiger partial charge in [-0.3, -0.25) is 0 Å². The van der Waals surface area contributed by atoms with Gasteiger partial charge in [0.1, 0.15) is 5.54 Å². The lowest BCUT2D eigenvalue weighted by atomic mass is 9.62. The molecule has 0 aliphatic heterocycles. The van der Waals surface area contributed by atoms with Crippen LogP contribution in [0.3, 0.4) is 0 Å². The molecular weight excluding hydrogens is 182 g/mol. The average molecular weight is 210 g/mol. The molecule has 0 N–H and O–H groups in total. The summed E-state index contributed by atoms with van der Waals surface area (Å²) in [5, 5.41) is 0. The second kappa shape index (κ2) is 3.48. The van der Waals surface area contributed by atoms with Crippen LogP contribution in [-0.4, -0.2) is 31.2 Å². The van der Waals surface area contributed by atoms with Crippen LogP contribution in [0.2, 0.25) is 0 Å². The Morgan fingerprint density at radius 1 is 1.00 bits per heavy atom. The molecule has 2 saturated carbocycles. The van der Waals surface area contributed by atoms with Gasteiger partial charge in [0.05, 0.1) is 21.1 Å². The van der Waals surface area contributed by atoms with Crippen molar-refractivity contribution in [3.05, 3.63) is 0 Å². The van der Waals surface area contributed by atoms with Crippen LogP contribution < -0.4 is 0 Å². The number of fused-ring (bicyclic) bond motifs is 1. The third-order valence-corrected chi connectivity index (χ3v) is 5.58. The van der Waals surface area contributed by atoms with Crippen molar-refractivity contribution in [2.24, 2.45) is 17.8 Å². The Morgan fingerprint density at radius 3 is 2.20 bits per heavy atom. The molecule has 2 rings (SSSR count). The van der Waals surface area contributed by atoms with Gasteiger partial charge in [-0.1, -0.05) is 13.8 Å². The first kappa shape index (κ1) is 11.4. The van der Waals surface area contributed by atoms with E-state index in [-0.39, 0.29) is 0 Å². The quantitative estimate of drug-likeness (QED) is 0.583. The lowest BCUT2D eigenvalue weighted by molar-refractivity contribution is -0.934. The predicted molar refractivity (Wildman–Crippen MR) is 65.7 cm³/mol. The molecule has 0 saturated heterocycles. The predicted octanol–water partition coefficient (Wildman–Crippen LogP) is 3.30. The van der Waals surface area contributed by atoms with E-state index in [1.807, 2.05) is 0 Å². The van der Waals surface area contributed by atoms with Crippen molar-refractivity contribution in [2.45, 2.75) is 51.5 Å². The number of hydrogen-bond acceptors (Lipinski definition) is 0. The fourth-order valence-electron chi connectivity index (χ4n) is 4.89. The van der Waals surface area contributed by atoms with E-state index in [0.717, 1.165) is 17.8 Å². The largest absolute Gasteiger partial charge is 0.326 e. The minimum Gasteiger partial charge on any atom is -0.326 e. The molecule has 0 bridgehead atoms. The number of rotatable bonds is 1. The fraction of sp³-hybridized carbons (Fsp3) is 1.00. The van der Waals surface area contributed by atoms with Gasteiger partial charge in [-0.25, -0.2) is 0 Å². The lowest BCUT2D eigenvalue weighted by Crippen LogP contribution is -2.65. The van der Waals surface area contributed by atoms with Crippen LogP contribution in [0.5, 0.6) is 0 Å². The summed E-state index contributed by atoms with van der Waals surface area (Å²) in [6, 6.07) is 0. The van der Waals surface area contributed by atoms with Crippen molar-refractivity contribution in [1.29, 1.82) is 0 Å². The summed E-state index contributed by atoms with van der Waals surface area (Å²) < 4.78 is 1.18. The zero-order valence-corrected chi connectivity index (χ0v) is 11.2. The Balaban J connectivity index is 2.39. The highest BCUT2D eigenvalue weighted by molar-refractivity contribution is 5.02. The summed E-state index contributed by atoms with van der Waals surface area (Å²) in [4.78, 5) is 0. The minimum atomic E-state index is 0.595. The van der Waals surface area contributed by atoms with Gasteiger partial charge in [0.25, 0.3) is 0 Å². The van der Waals surface area contributed by atoms with Crippen molar-refractivity contribution < 1.29 is 4.48 Å². The van der Waals surface area contributed by atoms with Gasteiger partial charge in [-0.05, 0) is 31.6 Å². The molecule has 0 aromatic rings. The van der Waals surface area contributed by atoms with Gasteiger partial charge in [0, 0.05) is 18.3 Å². The van der Waals surface area contributed by atoms with E-state index in [9.17, 15) is 0 Å². The molecule has 2 fully saturated rings. The SMILES string of the molecule is C[C@@H]1CC[C@H](C)[C@@H]2CCC[C@]12[N+](C)(C)C. The van der Waals surface area contributed by atoms with E-state index >= 15 is 0 Å². The van der Waals surface area contributed by atoms with Gasteiger partial charge in [0.2, 0.25) is 0 Å². The van der Waals surface area contributed by atoms with Gasteiger partial charge in [0.15, 0.2) is 0 Å². The van der Waals surface area contributed by atoms with Crippen molar-refractivity contribution >= 4 is 0 Å². The maximum Gasteiger partial charge on any atom is 0.104 e. The number of nitrogens with zero attached hydrogens (tertiary/aromatic N) is 1. The lowest BCUT2D eigenvalue weighted by Gasteiger charge is -2.55. The summed E-state index contributed by atoms with van der Waals surface area (Å²) in [6.45, 7) is 5.00.